The molecule has 0 saturated heterocycles. The number of halogens is 2. The minimum absolute atomic E-state index is 0.0241. The Kier molecular flexibility index (Phi) is 2.53. The molecule has 1 unspecified atom stereocenters. The third-order valence-electron chi connectivity index (χ3n) is 4.53. The Balaban J connectivity index is 1.84. The molecule has 0 bridgehead atoms. The van der Waals surface area contributed by atoms with E-state index in [0.29, 0.717) is 15.6 Å². The molecular formula is C18H10Cl2N2O. The third-order valence-corrected chi connectivity index (χ3v) is 5.10. The van der Waals surface area contributed by atoms with E-state index in [1.807, 2.05) is 30.3 Å². The molecule has 3 nitrogen and oxygen atoms in total. The maximum atomic E-state index is 13.1. The van der Waals surface area contributed by atoms with Crippen molar-refractivity contribution >= 4 is 51.3 Å². The summed E-state index contributed by atoms with van der Waals surface area (Å²) >= 11 is 12.4. The van der Waals surface area contributed by atoms with Crippen LogP contribution in [0.5, 0.6) is 0 Å². The van der Waals surface area contributed by atoms with Crippen LogP contribution in [0.3, 0.4) is 0 Å². The summed E-state index contributed by atoms with van der Waals surface area (Å²) in [7, 11) is 0. The fraction of sp³-hybridized carbons (Fsp3) is 0.0556. The van der Waals surface area contributed by atoms with Crippen LogP contribution < -0.4 is 10.2 Å². The number of carbonyl (C=O) groups is 1. The van der Waals surface area contributed by atoms with E-state index < -0.39 is 0 Å². The molecule has 0 spiro atoms. The lowest BCUT2D eigenvalue weighted by molar-refractivity contribution is 0.0980. The Morgan fingerprint density at radius 2 is 1.91 bits per heavy atom. The first-order chi connectivity index (χ1) is 11.1. The predicted molar refractivity (Wildman–Crippen MR) is 93.6 cm³/mol. The topological polar surface area (TPSA) is 32.3 Å². The molecule has 1 atom stereocenters. The fourth-order valence-corrected chi connectivity index (χ4v) is 3.96. The average Bonchev–Trinajstić information content (AvgIpc) is 2.92. The highest BCUT2D eigenvalue weighted by Crippen LogP contribution is 2.48. The van der Waals surface area contributed by atoms with Crippen molar-refractivity contribution in [1.29, 1.82) is 0 Å². The molecule has 1 amide bonds. The van der Waals surface area contributed by atoms with Gasteiger partial charge in [-0.25, -0.2) is 0 Å². The van der Waals surface area contributed by atoms with Gasteiger partial charge in [0.2, 0.25) is 0 Å². The van der Waals surface area contributed by atoms with Crippen molar-refractivity contribution < 1.29 is 4.79 Å². The van der Waals surface area contributed by atoms with Gasteiger partial charge in [0.1, 0.15) is 6.17 Å². The lowest BCUT2D eigenvalue weighted by atomic mass is 9.93. The van der Waals surface area contributed by atoms with Gasteiger partial charge < -0.3 is 5.32 Å². The number of carbonyl (C=O) groups excluding carboxylic acids is 1. The number of benzene rings is 3. The van der Waals surface area contributed by atoms with Crippen LogP contribution in [-0.4, -0.2) is 5.91 Å². The number of hydrogen-bond donors (Lipinski definition) is 1. The van der Waals surface area contributed by atoms with Crippen LogP contribution in [0.4, 0.5) is 11.4 Å². The molecule has 112 valence electrons. The number of fused-ring (bicyclic) bond motifs is 4. The smallest absolute Gasteiger partial charge is 0.260 e. The zero-order valence-corrected chi connectivity index (χ0v) is 13.3. The minimum Gasteiger partial charge on any atom is -0.359 e. The molecule has 23 heavy (non-hydrogen) atoms. The van der Waals surface area contributed by atoms with Gasteiger partial charge in [-0.05, 0) is 30.3 Å². The van der Waals surface area contributed by atoms with Gasteiger partial charge in [0.05, 0.1) is 11.4 Å². The maximum Gasteiger partial charge on any atom is 0.260 e. The van der Waals surface area contributed by atoms with Gasteiger partial charge >= 0.3 is 0 Å². The van der Waals surface area contributed by atoms with Crippen LogP contribution in [0.1, 0.15) is 22.1 Å². The number of hydrogen-bond acceptors (Lipinski definition) is 2. The van der Waals surface area contributed by atoms with Crippen molar-refractivity contribution in [2.45, 2.75) is 6.17 Å². The first-order valence-corrected chi connectivity index (χ1v) is 8.01. The second kappa shape index (κ2) is 4.40. The van der Waals surface area contributed by atoms with E-state index >= 15 is 0 Å². The van der Waals surface area contributed by atoms with E-state index in [4.69, 9.17) is 23.2 Å². The van der Waals surface area contributed by atoms with Crippen LogP contribution in [0.15, 0.2) is 48.5 Å². The van der Waals surface area contributed by atoms with Crippen molar-refractivity contribution in [3.8, 4) is 0 Å². The largest absolute Gasteiger partial charge is 0.359 e. The Hall–Kier alpha value is -2.23. The highest BCUT2D eigenvalue weighted by molar-refractivity contribution is 6.37. The average molecular weight is 341 g/mol. The van der Waals surface area contributed by atoms with Crippen LogP contribution in [0.25, 0.3) is 10.8 Å². The van der Waals surface area contributed by atoms with Crippen LogP contribution in [0, 0.1) is 0 Å². The number of nitrogens with one attached hydrogen (secondary N) is 1. The SMILES string of the molecule is O=C1c2ccc(Cl)c3cccc(c23)C2Nc3cc(Cl)ccc3N12. The summed E-state index contributed by atoms with van der Waals surface area (Å²) in [4.78, 5) is 14.8. The second-order valence-corrected chi connectivity index (χ2v) is 6.59. The van der Waals surface area contributed by atoms with Crippen LogP contribution in [0.2, 0.25) is 10.0 Å². The van der Waals surface area contributed by atoms with E-state index in [2.05, 4.69) is 5.32 Å². The van der Waals surface area contributed by atoms with Crippen LogP contribution >= 0.6 is 23.2 Å². The summed E-state index contributed by atoms with van der Waals surface area (Å²) in [5.74, 6) is -0.0241. The quantitative estimate of drug-likeness (QED) is 0.607. The Morgan fingerprint density at radius 3 is 2.78 bits per heavy atom. The van der Waals surface area contributed by atoms with E-state index in [1.54, 1.807) is 23.1 Å². The first kappa shape index (κ1) is 13.2. The fourth-order valence-electron chi connectivity index (χ4n) is 3.56. The monoisotopic (exact) mass is 340 g/mol. The molecule has 0 aliphatic carbocycles. The lowest BCUT2D eigenvalue weighted by Gasteiger charge is -2.31. The summed E-state index contributed by atoms with van der Waals surface area (Å²) < 4.78 is 0. The molecule has 2 heterocycles. The molecule has 0 saturated carbocycles. The lowest BCUT2D eigenvalue weighted by Crippen LogP contribution is -2.37. The third kappa shape index (κ3) is 1.64. The molecule has 0 fully saturated rings. The van der Waals surface area contributed by atoms with Crippen molar-refractivity contribution in [3.63, 3.8) is 0 Å². The van der Waals surface area contributed by atoms with E-state index in [1.165, 1.54) is 0 Å². The zero-order valence-electron chi connectivity index (χ0n) is 11.8. The van der Waals surface area contributed by atoms with Gasteiger partial charge in [-0.1, -0.05) is 41.4 Å². The second-order valence-electron chi connectivity index (χ2n) is 5.75. The minimum atomic E-state index is -0.231. The Bertz CT molecular complexity index is 1020. The number of nitrogens with zero attached hydrogens (tertiary/aromatic N) is 1. The summed E-state index contributed by atoms with van der Waals surface area (Å²) in [6.07, 6.45) is -0.231. The number of rotatable bonds is 0. The molecule has 0 radical (unpaired) electrons. The molecule has 3 aromatic carbocycles. The van der Waals surface area contributed by atoms with Gasteiger partial charge in [-0.15, -0.1) is 0 Å². The summed E-state index contributed by atoms with van der Waals surface area (Å²) in [5, 5.41) is 6.54. The normalized spacial score (nSPS) is 17.9. The van der Waals surface area contributed by atoms with E-state index in [-0.39, 0.29) is 12.1 Å². The van der Waals surface area contributed by atoms with Crippen molar-refractivity contribution in [2.24, 2.45) is 0 Å². The molecule has 5 rings (SSSR count). The van der Waals surface area contributed by atoms with Crippen molar-refractivity contribution in [2.75, 3.05) is 10.2 Å². The molecule has 5 heteroatoms. The summed E-state index contributed by atoms with van der Waals surface area (Å²) in [6, 6.07) is 15.1. The van der Waals surface area contributed by atoms with Gasteiger partial charge in [-0.3, -0.25) is 9.69 Å². The number of amides is 1. The zero-order chi connectivity index (χ0) is 15.7. The van der Waals surface area contributed by atoms with Gasteiger partial charge in [-0.2, -0.15) is 0 Å². The maximum absolute atomic E-state index is 13.1. The Morgan fingerprint density at radius 1 is 1.04 bits per heavy atom. The molecule has 2 aliphatic rings. The summed E-state index contributed by atoms with van der Waals surface area (Å²) in [6.45, 7) is 0. The molecule has 2 aliphatic heterocycles. The first-order valence-electron chi connectivity index (χ1n) is 7.26. The predicted octanol–water partition coefficient (Wildman–Crippen LogP) is 5.23. The molecule has 3 aromatic rings. The molecular weight excluding hydrogens is 331 g/mol. The van der Waals surface area contributed by atoms with Crippen LogP contribution in [-0.2, 0) is 0 Å². The molecule has 0 aromatic heterocycles. The van der Waals surface area contributed by atoms with Crippen molar-refractivity contribution in [3.05, 3.63) is 69.7 Å². The van der Waals surface area contributed by atoms with Crippen molar-refractivity contribution in [1.82, 2.24) is 0 Å². The van der Waals surface area contributed by atoms with Gasteiger partial charge in [0.25, 0.3) is 5.91 Å². The number of anilines is 2. The van der Waals surface area contributed by atoms with E-state index in [0.717, 1.165) is 27.7 Å². The highest BCUT2D eigenvalue weighted by atomic mass is 35.5. The van der Waals surface area contributed by atoms with Gasteiger partial charge in [0, 0.05) is 31.9 Å². The van der Waals surface area contributed by atoms with Gasteiger partial charge in [0.15, 0.2) is 0 Å². The molecule has 1 N–H and O–H groups in total. The summed E-state index contributed by atoms with van der Waals surface area (Å²) in [5.41, 5.74) is 3.45. The standard InChI is InChI=1S/C18H10Cl2N2O/c19-9-4-7-15-14(8-9)21-17-11-3-1-2-10-13(20)6-5-12(16(10)11)18(23)22(15)17/h1-8,17,21H. The highest BCUT2D eigenvalue weighted by Gasteiger charge is 2.40. The van der Waals surface area contributed by atoms with E-state index in [9.17, 15) is 4.79 Å². The Labute approximate surface area is 142 Å².